The lowest BCUT2D eigenvalue weighted by Crippen LogP contribution is -2.48. The van der Waals surface area contributed by atoms with Gasteiger partial charge in [0, 0.05) is 12.1 Å². The van der Waals surface area contributed by atoms with E-state index < -0.39 is 6.04 Å². The Morgan fingerprint density at radius 1 is 1.39 bits per heavy atom. The number of hydroxylamine groups is 2. The lowest BCUT2D eigenvalue weighted by atomic mass is 9.93. The van der Waals surface area contributed by atoms with Gasteiger partial charge in [-0.15, -0.1) is 0 Å². The van der Waals surface area contributed by atoms with Crippen LogP contribution in [0, 0.1) is 0 Å². The van der Waals surface area contributed by atoms with Gasteiger partial charge in [-0.25, -0.2) is 0 Å². The fourth-order valence-electron chi connectivity index (χ4n) is 2.27. The maximum atomic E-state index is 12.3. The van der Waals surface area contributed by atoms with Crippen LogP contribution >= 0.6 is 0 Å². The molecule has 4 heteroatoms. The summed E-state index contributed by atoms with van der Waals surface area (Å²) in [6.07, 6.45) is 0.770. The van der Waals surface area contributed by atoms with Crippen LogP contribution in [0.5, 0.6) is 0 Å². The van der Waals surface area contributed by atoms with Crippen LogP contribution in [0.2, 0.25) is 0 Å². The molecule has 0 aliphatic carbocycles. The van der Waals surface area contributed by atoms with Gasteiger partial charge in [0.1, 0.15) is 6.04 Å². The van der Waals surface area contributed by atoms with Crippen molar-refractivity contribution in [3.8, 4) is 0 Å². The minimum Gasteiger partial charge on any atom is -0.350 e. The van der Waals surface area contributed by atoms with Crippen LogP contribution in [0.3, 0.4) is 0 Å². The third kappa shape index (κ3) is 2.71. The molecule has 1 aliphatic rings. The van der Waals surface area contributed by atoms with Gasteiger partial charge in [-0.3, -0.25) is 4.79 Å². The maximum Gasteiger partial charge on any atom is 0.244 e. The Kier molecular flexibility index (Phi) is 3.41. The van der Waals surface area contributed by atoms with Gasteiger partial charge in [-0.1, -0.05) is 24.3 Å². The molecule has 4 nitrogen and oxygen atoms in total. The van der Waals surface area contributed by atoms with Crippen LogP contribution in [0.25, 0.3) is 0 Å². The maximum absolute atomic E-state index is 12.3. The van der Waals surface area contributed by atoms with Crippen molar-refractivity contribution in [2.45, 2.75) is 38.8 Å². The lowest BCUT2D eigenvalue weighted by Gasteiger charge is -2.33. The molecule has 1 aromatic carbocycles. The first-order chi connectivity index (χ1) is 8.38. The first-order valence-corrected chi connectivity index (χ1v) is 6.24. The number of fused-ring (bicyclic) bond motifs is 1. The Hall–Kier alpha value is -1.39. The summed E-state index contributed by atoms with van der Waals surface area (Å²) in [4.78, 5) is 12.3. The standard InChI is InChI=1S/C14H20N2O2/c1-14(2,3)15-13(17)12-11-7-5-4-6-10(11)8-9-16(12)18/h4-7,12,18H,8-9H2,1-3H3,(H,15,17)/t12-/m1/s1. The Balaban J connectivity index is 2.29. The van der Waals surface area contributed by atoms with Gasteiger partial charge in [-0.05, 0) is 38.3 Å². The van der Waals surface area contributed by atoms with Crippen LogP contribution in [0.15, 0.2) is 24.3 Å². The van der Waals surface area contributed by atoms with Crippen LogP contribution in [0.1, 0.15) is 37.9 Å². The van der Waals surface area contributed by atoms with Crippen LogP contribution in [0.4, 0.5) is 0 Å². The van der Waals surface area contributed by atoms with Crippen LogP contribution in [-0.4, -0.2) is 28.3 Å². The summed E-state index contributed by atoms with van der Waals surface area (Å²) in [6, 6.07) is 7.18. The molecule has 1 atom stereocenters. The number of hydrogen-bond acceptors (Lipinski definition) is 3. The van der Waals surface area contributed by atoms with E-state index >= 15 is 0 Å². The van der Waals surface area contributed by atoms with Crippen LogP contribution in [-0.2, 0) is 11.2 Å². The highest BCUT2D eigenvalue weighted by molar-refractivity contribution is 5.84. The van der Waals surface area contributed by atoms with E-state index in [2.05, 4.69) is 5.32 Å². The number of hydrogen-bond donors (Lipinski definition) is 2. The van der Waals surface area contributed by atoms with E-state index in [1.165, 1.54) is 0 Å². The molecule has 0 unspecified atom stereocenters. The molecule has 18 heavy (non-hydrogen) atoms. The summed E-state index contributed by atoms with van der Waals surface area (Å²) in [5.41, 5.74) is 1.73. The minimum absolute atomic E-state index is 0.155. The average molecular weight is 248 g/mol. The van der Waals surface area contributed by atoms with Crippen molar-refractivity contribution >= 4 is 5.91 Å². The smallest absolute Gasteiger partial charge is 0.244 e. The molecule has 0 aromatic heterocycles. The van der Waals surface area contributed by atoms with Gasteiger partial charge >= 0.3 is 0 Å². The molecule has 0 bridgehead atoms. The van der Waals surface area contributed by atoms with E-state index in [0.717, 1.165) is 22.6 Å². The summed E-state index contributed by atoms with van der Waals surface area (Å²) in [6.45, 7) is 6.28. The number of benzene rings is 1. The molecule has 1 amide bonds. The monoisotopic (exact) mass is 248 g/mol. The summed E-state index contributed by atoms with van der Waals surface area (Å²) < 4.78 is 0. The number of carbonyl (C=O) groups is 1. The first-order valence-electron chi connectivity index (χ1n) is 6.24. The summed E-state index contributed by atoms with van der Waals surface area (Å²) in [5.74, 6) is -0.155. The highest BCUT2D eigenvalue weighted by Crippen LogP contribution is 2.28. The normalized spacial score (nSPS) is 20.3. The zero-order valence-corrected chi connectivity index (χ0v) is 11.1. The highest BCUT2D eigenvalue weighted by Gasteiger charge is 2.33. The van der Waals surface area contributed by atoms with E-state index in [0.29, 0.717) is 6.54 Å². The predicted octanol–water partition coefficient (Wildman–Crippen LogP) is 1.89. The lowest BCUT2D eigenvalue weighted by molar-refractivity contribution is -0.160. The quantitative estimate of drug-likeness (QED) is 0.798. The molecule has 0 saturated carbocycles. The van der Waals surface area contributed by atoms with E-state index in [1.54, 1.807) is 0 Å². The molecule has 1 heterocycles. The van der Waals surface area contributed by atoms with Crippen molar-refractivity contribution in [2.24, 2.45) is 0 Å². The SMILES string of the molecule is CC(C)(C)NC(=O)[C@H]1c2ccccc2CCN1O. The highest BCUT2D eigenvalue weighted by atomic mass is 16.5. The summed E-state index contributed by atoms with van der Waals surface area (Å²) in [7, 11) is 0. The zero-order valence-electron chi connectivity index (χ0n) is 11.1. The number of amides is 1. The minimum atomic E-state index is -0.603. The van der Waals surface area contributed by atoms with E-state index in [4.69, 9.17) is 0 Å². The Morgan fingerprint density at radius 2 is 2.06 bits per heavy atom. The fourth-order valence-corrected chi connectivity index (χ4v) is 2.27. The zero-order chi connectivity index (χ0) is 13.3. The Labute approximate surface area is 108 Å². The third-order valence-corrected chi connectivity index (χ3v) is 3.00. The van der Waals surface area contributed by atoms with E-state index in [1.807, 2.05) is 45.0 Å². The molecule has 0 saturated heterocycles. The largest absolute Gasteiger partial charge is 0.350 e. The number of carbonyl (C=O) groups excluding carboxylic acids is 1. The topological polar surface area (TPSA) is 52.6 Å². The predicted molar refractivity (Wildman–Crippen MR) is 69.3 cm³/mol. The van der Waals surface area contributed by atoms with Gasteiger partial charge in [0.15, 0.2) is 0 Å². The second kappa shape index (κ2) is 4.71. The Bertz CT molecular complexity index is 451. The van der Waals surface area contributed by atoms with Crippen molar-refractivity contribution in [3.63, 3.8) is 0 Å². The third-order valence-electron chi connectivity index (χ3n) is 3.00. The fraction of sp³-hybridized carbons (Fsp3) is 0.500. The van der Waals surface area contributed by atoms with Crippen LogP contribution < -0.4 is 5.32 Å². The van der Waals surface area contributed by atoms with E-state index in [-0.39, 0.29) is 11.4 Å². The van der Waals surface area contributed by atoms with Gasteiger partial charge < -0.3 is 10.5 Å². The summed E-state index contributed by atoms with van der Waals surface area (Å²) >= 11 is 0. The number of nitrogens with one attached hydrogen (secondary N) is 1. The van der Waals surface area contributed by atoms with Gasteiger partial charge in [0.2, 0.25) is 5.91 Å². The second-order valence-electron chi connectivity index (χ2n) is 5.75. The van der Waals surface area contributed by atoms with Crippen molar-refractivity contribution < 1.29 is 10.0 Å². The molecule has 0 radical (unpaired) electrons. The molecule has 0 spiro atoms. The number of nitrogens with zero attached hydrogens (tertiary/aromatic N) is 1. The molecular weight excluding hydrogens is 228 g/mol. The molecule has 1 aromatic rings. The molecule has 0 fully saturated rings. The van der Waals surface area contributed by atoms with Gasteiger partial charge in [0.05, 0.1) is 0 Å². The molecular formula is C14H20N2O2. The van der Waals surface area contributed by atoms with Crippen molar-refractivity contribution in [1.82, 2.24) is 10.4 Å². The van der Waals surface area contributed by atoms with Gasteiger partial charge in [0.25, 0.3) is 0 Å². The number of rotatable bonds is 1. The first kappa shape index (κ1) is 13.1. The van der Waals surface area contributed by atoms with Crippen molar-refractivity contribution in [1.29, 1.82) is 0 Å². The molecule has 2 N–H and O–H groups in total. The van der Waals surface area contributed by atoms with Crippen molar-refractivity contribution in [3.05, 3.63) is 35.4 Å². The van der Waals surface area contributed by atoms with E-state index in [9.17, 15) is 10.0 Å². The summed E-state index contributed by atoms with van der Waals surface area (Å²) in [5, 5.41) is 14.0. The second-order valence-corrected chi connectivity index (χ2v) is 5.75. The molecule has 2 rings (SSSR count). The van der Waals surface area contributed by atoms with Gasteiger partial charge in [-0.2, -0.15) is 5.06 Å². The average Bonchev–Trinajstić information content (AvgIpc) is 2.26. The molecule has 98 valence electrons. The molecule has 1 aliphatic heterocycles. The Morgan fingerprint density at radius 3 is 2.72 bits per heavy atom. The van der Waals surface area contributed by atoms with Crippen molar-refractivity contribution in [2.75, 3.05) is 6.54 Å².